The predicted molar refractivity (Wildman–Crippen MR) is 68.3 cm³/mol. The molecule has 0 aliphatic heterocycles. The minimum Gasteiger partial charge on any atom is -0.332 e. The van der Waals surface area contributed by atoms with Gasteiger partial charge in [-0.3, -0.25) is 4.79 Å². The zero-order valence-electron chi connectivity index (χ0n) is 10.8. The van der Waals surface area contributed by atoms with Gasteiger partial charge in [0.25, 0.3) is 0 Å². The summed E-state index contributed by atoms with van der Waals surface area (Å²) in [5, 5.41) is 0. The Balaban J connectivity index is 2.20. The Bertz CT molecular complexity index is 426. The molecule has 1 unspecified atom stereocenters. The van der Waals surface area contributed by atoms with Crippen LogP contribution < -0.4 is 5.73 Å². The van der Waals surface area contributed by atoms with Gasteiger partial charge in [0.15, 0.2) is 0 Å². The highest BCUT2D eigenvalue weighted by Gasteiger charge is 2.37. The number of nitrogens with zero attached hydrogens (tertiary/aromatic N) is 1. The molecule has 18 heavy (non-hydrogen) atoms. The molecule has 1 aliphatic carbocycles. The fraction of sp³-hybridized carbons (Fsp3) is 0.500. The van der Waals surface area contributed by atoms with Crippen LogP contribution in [0, 0.1) is 5.82 Å². The van der Waals surface area contributed by atoms with Crippen LogP contribution in [0.5, 0.6) is 0 Å². The third-order valence-electron chi connectivity index (χ3n) is 3.35. The molecule has 3 nitrogen and oxygen atoms in total. The molecule has 2 atom stereocenters. The van der Waals surface area contributed by atoms with Crippen LogP contribution in [0.1, 0.15) is 38.3 Å². The first-order valence-corrected chi connectivity index (χ1v) is 6.34. The highest BCUT2D eigenvalue weighted by atomic mass is 19.1. The van der Waals surface area contributed by atoms with E-state index in [2.05, 4.69) is 0 Å². The lowest BCUT2D eigenvalue weighted by molar-refractivity contribution is -0.135. The average Bonchev–Trinajstić information content (AvgIpc) is 3.14. The Morgan fingerprint density at radius 2 is 1.89 bits per heavy atom. The topological polar surface area (TPSA) is 46.3 Å². The van der Waals surface area contributed by atoms with Crippen molar-refractivity contribution in [2.75, 3.05) is 0 Å². The van der Waals surface area contributed by atoms with Crippen molar-refractivity contribution in [3.63, 3.8) is 0 Å². The summed E-state index contributed by atoms with van der Waals surface area (Å²) >= 11 is 0. The van der Waals surface area contributed by atoms with Crippen LogP contribution in [-0.4, -0.2) is 22.9 Å². The first kappa shape index (κ1) is 13.0. The van der Waals surface area contributed by atoms with Crippen molar-refractivity contribution < 1.29 is 9.18 Å². The van der Waals surface area contributed by atoms with E-state index in [0.29, 0.717) is 6.04 Å². The number of hydrogen-bond acceptors (Lipinski definition) is 2. The van der Waals surface area contributed by atoms with Gasteiger partial charge in [0.1, 0.15) is 5.82 Å². The molecule has 1 aromatic rings. The standard InChI is InChI=1S/C14H19FN2O/c1-9(16)14(18)17(13-7-8-13)10(2)11-3-5-12(15)6-4-11/h3-6,9-10,13H,7-8,16H2,1-2H3/t9-,10?/m0/s1. The number of halogens is 1. The molecule has 0 heterocycles. The summed E-state index contributed by atoms with van der Waals surface area (Å²) in [6.45, 7) is 3.67. The maximum atomic E-state index is 12.9. The predicted octanol–water partition coefficient (Wildman–Crippen LogP) is 2.22. The van der Waals surface area contributed by atoms with E-state index in [1.165, 1.54) is 12.1 Å². The molecular weight excluding hydrogens is 231 g/mol. The molecule has 1 saturated carbocycles. The van der Waals surface area contributed by atoms with Crippen molar-refractivity contribution >= 4 is 5.91 Å². The van der Waals surface area contributed by atoms with Gasteiger partial charge in [-0.2, -0.15) is 0 Å². The molecule has 0 aromatic heterocycles. The molecule has 98 valence electrons. The molecule has 2 rings (SSSR count). The van der Waals surface area contributed by atoms with Crippen LogP contribution >= 0.6 is 0 Å². The fourth-order valence-electron chi connectivity index (χ4n) is 2.18. The Kier molecular flexibility index (Phi) is 3.66. The van der Waals surface area contributed by atoms with Crippen LogP contribution in [0.25, 0.3) is 0 Å². The first-order chi connectivity index (χ1) is 8.50. The van der Waals surface area contributed by atoms with Crippen LogP contribution in [0.15, 0.2) is 24.3 Å². The Hall–Kier alpha value is -1.42. The number of benzene rings is 1. The minimum atomic E-state index is -0.492. The van der Waals surface area contributed by atoms with Gasteiger partial charge in [-0.05, 0) is 44.4 Å². The van der Waals surface area contributed by atoms with E-state index in [4.69, 9.17) is 5.73 Å². The number of rotatable bonds is 4. The summed E-state index contributed by atoms with van der Waals surface area (Å²) in [4.78, 5) is 14.0. The van der Waals surface area contributed by atoms with E-state index < -0.39 is 6.04 Å². The third-order valence-corrected chi connectivity index (χ3v) is 3.35. The van der Waals surface area contributed by atoms with Crippen LogP contribution in [0.2, 0.25) is 0 Å². The van der Waals surface area contributed by atoms with Crippen molar-refractivity contribution in [2.45, 2.75) is 44.8 Å². The van der Waals surface area contributed by atoms with Crippen LogP contribution in [0.3, 0.4) is 0 Å². The summed E-state index contributed by atoms with van der Waals surface area (Å²) in [6.07, 6.45) is 2.06. The van der Waals surface area contributed by atoms with Crippen LogP contribution in [0.4, 0.5) is 4.39 Å². The van der Waals surface area contributed by atoms with Gasteiger partial charge < -0.3 is 10.6 Å². The van der Waals surface area contributed by atoms with Gasteiger partial charge in [-0.15, -0.1) is 0 Å². The van der Waals surface area contributed by atoms with Crippen molar-refractivity contribution in [3.8, 4) is 0 Å². The van der Waals surface area contributed by atoms with Crippen molar-refractivity contribution in [3.05, 3.63) is 35.6 Å². The molecule has 0 radical (unpaired) electrons. The summed E-state index contributed by atoms with van der Waals surface area (Å²) < 4.78 is 12.9. The lowest BCUT2D eigenvalue weighted by Gasteiger charge is -2.31. The fourth-order valence-corrected chi connectivity index (χ4v) is 2.18. The zero-order chi connectivity index (χ0) is 13.3. The molecule has 1 aromatic carbocycles. The molecule has 2 N–H and O–H groups in total. The monoisotopic (exact) mass is 250 g/mol. The van der Waals surface area contributed by atoms with Crippen molar-refractivity contribution in [1.82, 2.24) is 4.90 Å². The first-order valence-electron chi connectivity index (χ1n) is 6.34. The normalized spacial score (nSPS) is 18.2. The largest absolute Gasteiger partial charge is 0.332 e. The summed E-state index contributed by atoms with van der Waals surface area (Å²) in [5.74, 6) is -0.295. The van der Waals surface area contributed by atoms with Gasteiger partial charge >= 0.3 is 0 Å². The van der Waals surface area contributed by atoms with Gasteiger partial charge in [0.2, 0.25) is 5.91 Å². The molecule has 0 spiro atoms. The zero-order valence-corrected chi connectivity index (χ0v) is 10.8. The second-order valence-electron chi connectivity index (χ2n) is 4.99. The SMILES string of the molecule is CC(c1ccc(F)cc1)N(C(=O)[C@H](C)N)C1CC1. The Morgan fingerprint density at radius 3 is 2.33 bits per heavy atom. The lowest BCUT2D eigenvalue weighted by Crippen LogP contribution is -2.44. The molecule has 1 amide bonds. The molecule has 1 aliphatic rings. The van der Waals surface area contributed by atoms with E-state index in [1.807, 2.05) is 11.8 Å². The van der Waals surface area contributed by atoms with Crippen LogP contribution in [-0.2, 0) is 4.79 Å². The highest BCUT2D eigenvalue weighted by molar-refractivity contribution is 5.82. The molecular formula is C14H19FN2O. The molecule has 4 heteroatoms. The van der Waals surface area contributed by atoms with E-state index in [9.17, 15) is 9.18 Å². The van der Waals surface area contributed by atoms with Gasteiger partial charge in [-0.25, -0.2) is 4.39 Å². The third kappa shape index (κ3) is 2.70. The van der Waals surface area contributed by atoms with Gasteiger partial charge in [0.05, 0.1) is 12.1 Å². The molecule has 0 saturated heterocycles. The Labute approximate surface area is 107 Å². The maximum Gasteiger partial charge on any atom is 0.239 e. The minimum absolute atomic E-state index is 0.0330. The van der Waals surface area contributed by atoms with E-state index in [-0.39, 0.29) is 17.8 Å². The number of amides is 1. The number of hydrogen-bond donors (Lipinski definition) is 1. The number of carbonyl (C=O) groups is 1. The summed E-state index contributed by atoms with van der Waals surface area (Å²) in [7, 11) is 0. The molecule has 1 fully saturated rings. The lowest BCUT2D eigenvalue weighted by atomic mass is 10.1. The second kappa shape index (κ2) is 5.06. The van der Waals surface area contributed by atoms with Crippen molar-refractivity contribution in [2.24, 2.45) is 5.73 Å². The van der Waals surface area contributed by atoms with Gasteiger partial charge in [0, 0.05) is 6.04 Å². The maximum absolute atomic E-state index is 12.9. The molecule has 0 bridgehead atoms. The van der Waals surface area contributed by atoms with Gasteiger partial charge in [-0.1, -0.05) is 12.1 Å². The van der Waals surface area contributed by atoms with Crippen molar-refractivity contribution in [1.29, 1.82) is 0 Å². The Morgan fingerprint density at radius 1 is 1.33 bits per heavy atom. The highest BCUT2D eigenvalue weighted by Crippen LogP contribution is 2.34. The second-order valence-corrected chi connectivity index (χ2v) is 4.99. The number of nitrogens with two attached hydrogens (primary N) is 1. The summed E-state index contributed by atoms with van der Waals surface area (Å²) in [5.41, 5.74) is 6.63. The quantitative estimate of drug-likeness (QED) is 0.890. The smallest absolute Gasteiger partial charge is 0.239 e. The van der Waals surface area contributed by atoms with E-state index in [1.54, 1.807) is 19.1 Å². The van der Waals surface area contributed by atoms with E-state index >= 15 is 0 Å². The summed E-state index contributed by atoms with van der Waals surface area (Å²) in [6, 6.07) is 6.04. The van der Waals surface area contributed by atoms with E-state index in [0.717, 1.165) is 18.4 Å². The average molecular weight is 250 g/mol. The number of carbonyl (C=O) groups excluding carboxylic acids is 1.